The third kappa shape index (κ3) is 4.74. The number of thiophene rings is 1. The van der Waals surface area contributed by atoms with Gasteiger partial charge in [0.05, 0.1) is 10.4 Å². The molecule has 1 heterocycles. The molecule has 0 radical (unpaired) electrons. The molecule has 2 rings (SSSR count). The van der Waals surface area contributed by atoms with Gasteiger partial charge < -0.3 is 10.2 Å². The fraction of sp³-hybridized carbons (Fsp3) is 0.250. The van der Waals surface area contributed by atoms with Gasteiger partial charge in [0.2, 0.25) is 5.91 Å². The van der Waals surface area contributed by atoms with Crippen LogP contribution in [0.25, 0.3) is 6.08 Å². The Bertz CT molecular complexity index is 952. The van der Waals surface area contributed by atoms with E-state index in [1.54, 1.807) is 30.0 Å². The number of nitriles is 1. The molecule has 0 unspecified atom stereocenters. The second-order valence-corrected chi connectivity index (χ2v) is 7.64. The van der Waals surface area contributed by atoms with Crippen molar-refractivity contribution >= 4 is 57.4 Å². The molecule has 0 atom stereocenters. The molecule has 0 saturated carbocycles. The van der Waals surface area contributed by atoms with Gasteiger partial charge in [-0.3, -0.25) is 9.59 Å². The van der Waals surface area contributed by atoms with Crippen LogP contribution in [-0.4, -0.2) is 29.8 Å². The third-order valence-electron chi connectivity index (χ3n) is 4.14. The van der Waals surface area contributed by atoms with Gasteiger partial charge in [-0.1, -0.05) is 29.3 Å². The molecule has 0 aliphatic heterocycles. The number of carbonyl (C=O) groups excluding carboxylic acids is 2. The Morgan fingerprint density at radius 1 is 1.25 bits per heavy atom. The van der Waals surface area contributed by atoms with Crippen LogP contribution in [0, 0.1) is 18.3 Å². The van der Waals surface area contributed by atoms with Gasteiger partial charge in [-0.15, -0.1) is 11.3 Å². The summed E-state index contributed by atoms with van der Waals surface area (Å²) in [7, 11) is 0. The maximum absolute atomic E-state index is 12.7. The molecule has 0 spiro atoms. The average Bonchev–Trinajstić information content (AvgIpc) is 2.97. The minimum atomic E-state index is -0.449. The van der Waals surface area contributed by atoms with Crippen LogP contribution in [0.3, 0.4) is 0 Å². The minimum Gasteiger partial charge on any atom is -0.338 e. The first-order valence-electron chi connectivity index (χ1n) is 8.59. The van der Waals surface area contributed by atoms with Crippen LogP contribution in [0.1, 0.15) is 40.2 Å². The number of benzene rings is 1. The summed E-state index contributed by atoms with van der Waals surface area (Å²) >= 11 is 13.3. The zero-order chi connectivity index (χ0) is 20.8. The molecule has 0 bridgehead atoms. The molecule has 0 aliphatic carbocycles. The van der Waals surface area contributed by atoms with Crippen LogP contribution in [0.4, 0.5) is 5.00 Å². The van der Waals surface area contributed by atoms with Gasteiger partial charge in [-0.2, -0.15) is 5.26 Å². The molecule has 0 fully saturated rings. The number of amides is 2. The monoisotopic (exact) mass is 435 g/mol. The van der Waals surface area contributed by atoms with Gasteiger partial charge in [0.1, 0.15) is 11.1 Å². The lowest BCUT2D eigenvalue weighted by atomic mass is 10.1. The molecule has 1 N–H and O–H groups in total. The fourth-order valence-electron chi connectivity index (χ4n) is 2.58. The molecule has 1 aromatic carbocycles. The largest absolute Gasteiger partial charge is 0.338 e. The van der Waals surface area contributed by atoms with Crippen molar-refractivity contribution < 1.29 is 9.59 Å². The van der Waals surface area contributed by atoms with E-state index in [0.717, 1.165) is 11.3 Å². The average molecular weight is 436 g/mol. The number of hydrogen-bond donors (Lipinski definition) is 1. The first-order chi connectivity index (χ1) is 13.3. The summed E-state index contributed by atoms with van der Waals surface area (Å²) in [6.07, 6.45) is 2.80. The molecule has 2 aromatic rings. The molecule has 5 nitrogen and oxygen atoms in total. The Balaban J connectivity index is 2.27. The van der Waals surface area contributed by atoms with Gasteiger partial charge >= 0.3 is 0 Å². The predicted molar refractivity (Wildman–Crippen MR) is 115 cm³/mol. The second kappa shape index (κ2) is 9.74. The minimum absolute atomic E-state index is 0.150. The van der Waals surface area contributed by atoms with Crippen LogP contribution in [0.5, 0.6) is 0 Å². The Hall–Kier alpha value is -2.33. The Labute approximate surface area is 178 Å². The van der Waals surface area contributed by atoms with E-state index in [9.17, 15) is 14.9 Å². The zero-order valence-corrected chi connectivity index (χ0v) is 18.0. The van der Waals surface area contributed by atoms with E-state index < -0.39 is 5.91 Å². The Morgan fingerprint density at radius 3 is 2.39 bits per heavy atom. The number of anilines is 1. The normalized spacial score (nSPS) is 10.7. The van der Waals surface area contributed by atoms with E-state index in [4.69, 9.17) is 23.2 Å². The molecular formula is C20H19Cl2N3O2S. The van der Waals surface area contributed by atoms with E-state index >= 15 is 0 Å². The molecule has 0 aliphatic rings. The highest BCUT2D eigenvalue weighted by Gasteiger charge is 2.23. The number of halogens is 2. The highest BCUT2D eigenvalue weighted by molar-refractivity contribution is 7.18. The number of hydrogen-bond acceptors (Lipinski definition) is 4. The summed E-state index contributed by atoms with van der Waals surface area (Å²) < 4.78 is 0. The lowest BCUT2D eigenvalue weighted by molar-refractivity contribution is -0.111. The van der Waals surface area contributed by atoms with E-state index in [0.29, 0.717) is 44.1 Å². The van der Waals surface area contributed by atoms with Crippen molar-refractivity contribution in [2.45, 2.75) is 20.8 Å². The summed E-state index contributed by atoms with van der Waals surface area (Å²) in [6, 6.07) is 7.13. The van der Waals surface area contributed by atoms with Crippen molar-refractivity contribution in [1.82, 2.24) is 4.90 Å². The van der Waals surface area contributed by atoms with Crippen LogP contribution < -0.4 is 5.32 Å². The number of nitrogens with one attached hydrogen (secondary N) is 1. The summed E-state index contributed by atoms with van der Waals surface area (Å²) in [5.41, 5.74) is 1.39. The van der Waals surface area contributed by atoms with Crippen LogP contribution in [0.15, 0.2) is 24.3 Å². The zero-order valence-electron chi connectivity index (χ0n) is 15.7. The van der Waals surface area contributed by atoms with Gasteiger partial charge in [0.25, 0.3) is 5.91 Å². The highest BCUT2D eigenvalue weighted by atomic mass is 35.5. The number of nitrogens with zero attached hydrogens (tertiary/aromatic N) is 2. The molecular weight excluding hydrogens is 417 g/mol. The van der Waals surface area contributed by atoms with E-state index in [2.05, 4.69) is 11.4 Å². The lowest BCUT2D eigenvalue weighted by Gasteiger charge is -2.17. The van der Waals surface area contributed by atoms with Crippen LogP contribution in [-0.2, 0) is 4.79 Å². The van der Waals surface area contributed by atoms with Crippen molar-refractivity contribution in [3.05, 3.63) is 55.9 Å². The van der Waals surface area contributed by atoms with Crippen molar-refractivity contribution in [3.8, 4) is 6.07 Å². The van der Waals surface area contributed by atoms with Gasteiger partial charge in [-0.25, -0.2) is 0 Å². The third-order valence-corrected chi connectivity index (χ3v) is 6.00. The number of rotatable bonds is 6. The maximum Gasteiger partial charge on any atom is 0.264 e. The van der Waals surface area contributed by atoms with E-state index in [-0.39, 0.29) is 11.5 Å². The smallest absolute Gasteiger partial charge is 0.264 e. The van der Waals surface area contributed by atoms with Crippen LogP contribution in [0.2, 0.25) is 10.0 Å². The van der Waals surface area contributed by atoms with Crippen molar-refractivity contribution in [3.63, 3.8) is 0 Å². The molecule has 146 valence electrons. The molecule has 28 heavy (non-hydrogen) atoms. The quantitative estimate of drug-likeness (QED) is 0.619. The van der Waals surface area contributed by atoms with E-state index in [1.807, 2.05) is 13.8 Å². The van der Waals surface area contributed by atoms with Gasteiger partial charge in [-0.05, 0) is 44.5 Å². The topological polar surface area (TPSA) is 73.2 Å². The van der Waals surface area contributed by atoms with Gasteiger partial charge in [0.15, 0.2) is 0 Å². The Kier molecular flexibility index (Phi) is 7.64. The summed E-state index contributed by atoms with van der Waals surface area (Å²) in [5, 5.41) is 13.3. The first kappa shape index (κ1) is 22.0. The standard InChI is InChI=1S/C20H19Cl2N3O2S/c1-4-25(5-2)20(27)18-12(3)14(11-23)19(28-18)24-17(26)10-9-13-15(21)7-6-8-16(13)22/h6-10H,4-5H2,1-3H3,(H,24,26). The maximum atomic E-state index is 12.7. The van der Waals surface area contributed by atoms with Gasteiger partial charge in [0, 0.05) is 34.8 Å². The molecule has 0 saturated heterocycles. The summed E-state index contributed by atoms with van der Waals surface area (Å²) in [6.45, 7) is 6.63. The SMILES string of the molecule is CCN(CC)C(=O)c1sc(NC(=O)C=Cc2c(Cl)cccc2Cl)c(C#N)c1C. The molecule has 8 heteroatoms. The van der Waals surface area contributed by atoms with Crippen molar-refractivity contribution in [1.29, 1.82) is 5.26 Å². The highest BCUT2D eigenvalue weighted by Crippen LogP contribution is 2.33. The first-order valence-corrected chi connectivity index (χ1v) is 10.2. The number of carbonyl (C=O) groups is 2. The summed E-state index contributed by atoms with van der Waals surface area (Å²) in [4.78, 5) is 27.1. The van der Waals surface area contributed by atoms with E-state index in [1.165, 1.54) is 12.2 Å². The molecule has 1 aromatic heterocycles. The van der Waals surface area contributed by atoms with Crippen LogP contribution >= 0.6 is 34.5 Å². The lowest BCUT2D eigenvalue weighted by Crippen LogP contribution is -2.30. The van der Waals surface area contributed by atoms with Crippen molar-refractivity contribution in [2.75, 3.05) is 18.4 Å². The molecule has 2 amide bonds. The predicted octanol–water partition coefficient (Wildman–Crippen LogP) is 5.37. The Morgan fingerprint density at radius 2 is 1.86 bits per heavy atom. The second-order valence-electron chi connectivity index (χ2n) is 5.81. The van der Waals surface area contributed by atoms with Crippen molar-refractivity contribution in [2.24, 2.45) is 0 Å². The fourth-order valence-corrected chi connectivity index (χ4v) is 4.23. The summed E-state index contributed by atoms with van der Waals surface area (Å²) in [5.74, 6) is -0.599.